The maximum absolute atomic E-state index is 2.69. The second-order valence-electron chi connectivity index (χ2n) is 24.6. The van der Waals surface area contributed by atoms with Crippen LogP contribution < -0.4 is 46.8 Å². The van der Waals surface area contributed by atoms with Gasteiger partial charge in [0.05, 0.1) is 5.69 Å². The number of benzene rings is 8. The summed E-state index contributed by atoms with van der Waals surface area (Å²) in [7, 11) is 0. The Kier molecular flexibility index (Phi) is 8.63. The van der Waals surface area contributed by atoms with Crippen molar-refractivity contribution in [2.45, 2.75) is 97.8 Å². The molecular formula is C65H59B2N3S. The van der Waals surface area contributed by atoms with E-state index in [0.29, 0.717) is 0 Å². The van der Waals surface area contributed by atoms with Crippen molar-refractivity contribution in [3.63, 3.8) is 0 Å². The Bertz CT molecular complexity index is 3750. The van der Waals surface area contributed by atoms with Crippen molar-refractivity contribution in [2.24, 2.45) is 0 Å². The normalized spacial score (nSPS) is 15.5. The van der Waals surface area contributed by atoms with E-state index in [2.05, 4.69) is 249 Å². The monoisotopic (exact) mass is 935 g/mol. The number of nitrogens with zero attached hydrogens (tertiary/aromatic N) is 3. The molecule has 346 valence electrons. The second kappa shape index (κ2) is 14.2. The summed E-state index contributed by atoms with van der Waals surface area (Å²) in [6, 6.07) is 61.8. The van der Waals surface area contributed by atoms with Crippen LogP contribution in [0.3, 0.4) is 0 Å². The van der Waals surface area contributed by atoms with Crippen LogP contribution >= 0.6 is 11.3 Å². The molecule has 0 radical (unpaired) electrons. The summed E-state index contributed by atoms with van der Waals surface area (Å²) in [6.45, 7) is 25.9. The van der Waals surface area contributed by atoms with E-state index in [4.69, 9.17) is 0 Å². The van der Waals surface area contributed by atoms with Crippen LogP contribution in [0.2, 0.25) is 0 Å². The molecule has 1 aromatic heterocycles. The summed E-state index contributed by atoms with van der Waals surface area (Å²) in [6.07, 6.45) is 0. The molecule has 5 aliphatic rings. The Morgan fingerprint density at radius 1 is 0.408 bits per heavy atom. The maximum atomic E-state index is 2.69. The van der Waals surface area contributed by atoms with Gasteiger partial charge < -0.3 is 14.7 Å². The van der Waals surface area contributed by atoms with Crippen LogP contribution in [0.15, 0.2) is 158 Å². The molecule has 0 unspecified atom stereocenters. The zero-order valence-corrected chi connectivity index (χ0v) is 43.7. The minimum absolute atomic E-state index is 0.00841. The first kappa shape index (κ1) is 43.1. The maximum Gasteiger partial charge on any atom is 0.264 e. The van der Waals surface area contributed by atoms with Gasteiger partial charge in [0, 0.05) is 65.8 Å². The number of para-hydroxylation sites is 2. The van der Waals surface area contributed by atoms with Gasteiger partial charge in [-0.05, 0) is 143 Å². The first-order chi connectivity index (χ1) is 33.9. The predicted molar refractivity (Wildman–Crippen MR) is 309 cm³/mol. The SMILES string of the molecule is CC(C)(C)c1ccc(N2c3ccccc3B3c4ccccc4N4c5ccc(C(C)(C)C)cc5B5c6sc7cc8c(cc7c6N(c6ccc(C(C)(C)C)cc6)c6cc2c3c4c65)-c2ccccc2C8(C)C)cc1. The molecule has 6 heteroatoms. The fourth-order valence-corrected chi connectivity index (χ4v) is 14.5. The largest absolute Gasteiger partial charge is 0.312 e. The van der Waals surface area contributed by atoms with Gasteiger partial charge in [-0.2, -0.15) is 0 Å². The molecule has 0 spiro atoms. The van der Waals surface area contributed by atoms with Gasteiger partial charge in [0.25, 0.3) is 13.4 Å². The Labute approximate surface area is 425 Å². The smallest absolute Gasteiger partial charge is 0.264 e. The van der Waals surface area contributed by atoms with E-state index in [1.54, 1.807) is 0 Å². The molecule has 5 heterocycles. The molecule has 0 N–H and O–H groups in total. The van der Waals surface area contributed by atoms with Crippen LogP contribution in [0, 0.1) is 0 Å². The predicted octanol–water partition coefficient (Wildman–Crippen LogP) is 13.8. The Morgan fingerprint density at radius 3 is 1.56 bits per heavy atom. The average molecular weight is 936 g/mol. The molecule has 9 aromatic rings. The summed E-state index contributed by atoms with van der Waals surface area (Å²) in [5.41, 5.74) is 27.7. The van der Waals surface area contributed by atoms with Gasteiger partial charge in [-0.3, -0.25) is 0 Å². The van der Waals surface area contributed by atoms with Gasteiger partial charge in [-0.25, -0.2) is 0 Å². The highest BCUT2D eigenvalue weighted by molar-refractivity contribution is 7.34. The lowest BCUT2D eigenvalue weighted by Crippen LogP contribution is -2.68. The van der Waals surface area contributed by atoms with Crippen LogP contribution in [-0.2, 0) is 21.7 Å². The molecule has 71 heavy (non-hydrogen) atoms. The number of thiophene rings is 1. The zero-order chi connectivity index (χ0) is 48.8. The van der Waals surface area contributed by atoms with Crippen LogP contribution in [0.5, 0.6) is 0 Å². The highest BCUT2D eigenvalue weighted by Gasteiger charge is 2.53. The van der Waals surface area contributed by atoms with Crippen LogP contribution in [-0.4, -0.2) is 13.4 Å². The number of hydrogen-bond donors (Lipinski definition) is 0. The molecule has 0 saturated carbocycles. The van der Waals surface area contributed by atoms with Gasteiger partial charge >= 0.3 is 0 Å². The number of fused-ring (bicyclic) bond motifs is 15. The second-order valence-corrected chi connectivity index (χ2v) is 25.7. The van der Waals surface area contributed by atoms with Gasteiger partial charge in [-0.15, -0.1) is 11.3 Å². The van der Waals surface area contributed by atoms with E-state index >= 15 is 0 Å². The van der Waals surface area contributed by atoms with Crippen molar-refractivity contribution >= 4 is 118 Å². The van der Waals surface area contributed by atoms with E-state index in [-0.39, 0.29) is 35.1 Å². The minimum atomic E-state index is -0.106. The quantitative estimate of drug-likeness (QED) is 0.160. The molecule has 8 aromatic carbocycles. The summed E-state index contributed by atoms with van der Waals surface area (Å²) in [4.78, 5) is 7.97. The number of rotatable bonds is 2. The molecule has 4 aliphatic heterocycles. The van der Waals surface area contributed by atoms with Gasteiger partial charge in [0.15, 0.2) is 0 Å². The lowest BCUT2D eigenvalue weighted by molar-refractivity contribution is 0.590. The molecule has 0 fully saturated rings. The number of hydrogen-bond acceptors (Lipinski definition) is 4. The first-order valence-electron chi connectivity index (χ1n) is 25.7. The lowest BCUT2D eigenvalue weighted by Gasteiger charge is -2.50. The van der Waals surface area contributed by atoms with Gasteiger partial charge in [0.1, 0.15) is 0 Å². The van der Waals surface area contributed by atoms with Gasteiger partial charge in [0.2, 0.25) is 0 Å². The summed E-state index contributed by atoms with van der Waals surface area (Å²) < 4.78 is 2.77. The first-order valence-corrected chi connectivity index (χ1v) is 26.6. The fraction of sp³-hybridized carbons (Fsp3) is 0.231. The van der Waals surface area contributed by atoms with Crippen molar-refractivity contribution in [2.75, 3.05) is 14.7 Å². The van der Waals surface area contributed by atoms with E-state index in [9.17, 15) is 0 Å². The highest BCUT2D eigenvalue weighted by atomic mass is 32.1. The van der Waals surface area contributed by atoms with Gasteiger partial charge in [-0.1, -0.05) is 173 Å². The van der Waals surface area contributed by atoms with Crippen LogP contribution in [0.25, 0.3) is 21.2 Å². The zero-order valence-electron chi connectivity index (χ0n) is 42.9. The summed E-state index contributed by atoms with van der Waals surface area (Å²) >= 11 is 2.03. The third-order valence-corrected chi connectivity index (χ3v) is 18.1. The summed E-state index contributed by atoms with van der Waals surface area (Å²) in [5.74, 6) is 0. The highest BCUT2D eigenvalue weighted by Crippen LogP contribution is 2.55. The van der Waals surface area contributed by atoms with E-state index in [0.717, 1.165) is 0 Å². The average Bonchev–Trinajstić information content (AvgIpc) is 3.83. The third-order valence-electron chi connectivity index (χ3n) is 16.9. The van der Waals surface area contributed by atoms with Crippen molar-refractivity contribution in [1.29, 1.82) is 0 Å². The molecule has 3 nitrogen and oxygen atoms in total. The van der Waals surface area contributed by atoms with E-state index in [1.165, 1.54) is 132 Å². The van der Waals surface area contributed by atoms with Crippen LogP contribution in [0.1, 0.15) is 104 Å². The Morgan fingerprint density at radius 2 is 0.930 bits per heavy atom. The van der Waals surface area contributed by atoms with E-state index in [1.807, 2.05) is 11.3 Å². The Hall–Kier alpha value is -6.75. The minimum Gasteiger partial charge on any atom is -0.312 e. The molecule has 0 bridgehead atoms. The van der Waals surface area contributed by atoms with Crippen molar-refractivity contribution in [3.05, 3.63) is 186 Å². The van der Waals surface area contributed by atoms with Crippen LogP contribution in [0.4, 0.5) is 51.2 Å². The molecular weight excluding hydrogens is 876 g/mol. The standard InChI is InChI=1S/C65H59B2N3S/c1-62(2,3)38-24-29-41(30-25-38)68-51-22-16-14-20-48(51)66-49-21-15-17-23-52(49)70-53-33-28-40(64(7,8)9)34-50(53)67-58-55(37-54(68)57(66)60(58)70)69(42-31-26-39(27-32-42)63(4,5)6)59-45-35-44-43-18-12-13-19-46(43)65(10,11)47(44)36-56(45)71-61(59)67/h12-37H,1-11H3. The summed E-state index contributed by atoms with van der Waals surface area (Å²) in [5, 5.41) is 1.33. The molecule has 0 amide bonds. The van der Waals surface area contributed by atoms with Crippen molar-refractivity contribution in [1.82, 2.24) is 0 Å². The topological polar surface area (TPSA) is 9.72 Å². The van der Waals surface area contributed by atoms with E-state index < -0.39 is 0 Å². The fourth-order valence-electron chi connectivity index (χ4n) is 13.2. The Balaban J connectivity index is 1.15. The molecule has 0 saturated heterocycles. The number of anilines is 9. The lowest BCUT2D eigenvalue weighted by atomic mass is 9.29. The van der Waals surface area contributed by atoms with Crippen molar-refractivity contribution in [3.8, 4) is 11.1 Å². The molecule has 1 aliphatic carbocycles. The molecule has 14 rings (SSSR count). The third kappa shape index (κ3) is 5.86. The van der Waals surface area contributed by atoms with Crippen molar-refractivity contribution < 1.29 is 0 Å². The molecule has 0 atom stereocenters.